The summed E-state index contributed by atoms with van der Waals surface area (Å²) in [6, 6.07) is 13.4. The van der Waals surface area contributed by atoms with Gasteiger partial charge >= 0.3 is 6.18 Å². The van der Waals surface area contributed by atoms with Crippen molar-refractivity contribution in [2.24, 2.45) is 5.92 Å². The Balaban J connectivity index is 1.90. The van der Waals surface area contributed by atoms with Crippen molar-refractivity contribution in [1.29, 1.82) is 0 Å². The van der Waals surface area contributed by atoms with Gasteiger partial charge < -0.3 is 4.74 Å². The third-order valence-corrected chi connectivity index (χ3v) is 4.17. The Hall–Kier alpha value is -1.97. The fraction of sp³-hybridized carbons (Fsp3) is 0.333. The molecule has 4 heteroatoms. The van der Waals surface area contributed by atoms with Gasteiger partial charge in [0.15, 0.2) is 0 Å². The molecule has 0 radical (unpaired) electrons. The van der Waals surface area contributed by atoms with E-state index in [1.807, 2.05) is 24.3 Å². The zero-order valence-corrected chi connectivity index (χ0v) is 12.2. The largest absolute Gasteiger partial charge is 0.497 e. The molecule has 0 amide bonds. The zero-order valence-electron chi connectivity index (χ0n) is 12.2. The Morgan fingerprint density at radius 1 is 0.909 bits per heavy atom. The van der Waals surface area contributed by atoms with Gasteiger partial charge in [0.05, 0.1) is 12.7 Å². The van der Waals surface area contributed by atoms with Crippen LogP contribution in [0.5, 0.6) is 5.75 Å². The predicted octanol–water partition coefficient (Wildman–Crippen LogP) is 5.26. The minimum atomic E-state index is -4.28. The van der Waals surface area contributed by atoms with Gasteiger partial charge in [-0.05, 0) is 54.2 Å². The number of hydrogen-bond acceptors (Lipinski definition) is 1. The van der Waals surface area contributed by atoms with Gasteiger partial charge in [0.1, 0.15) is 5.75 Å². The van der Waals surface area contributed by atoms with Gasteiger partial charge in [-0.25, -0.2) is 0 Å². The number of alkyl halides is 3. The molecule has 0 heterocycles. The molecule has 1 saturated carbocycles. The number of methoxy groups -OCH3 is 1. The van der Waals surface area contributed by atoms with Crippen LogP contribution in [0.4, 0.5) is 13.2 Å². The molecule has 22 heavy (non-hydrogen) atoms. The first-order chi connectivity index (χ1) is 10.5. The zero-order chi connectivity index (χ0) is 15.7. The Bertz CT molecular complexity index is 625. The molecule has 0 bridgehead atoms. The van der Waals surface area contributed by atoms with Crippen LogP contribution in [0.3, 0.4) is 0 Å². The summed E-state index contributed by atoms with van der Waals surface area (Å²) < 4.78 is 43.2. The van der Waals surface area contributed by atoms with Crippen molar-refractivity contribution >= 4 is 0 Å². The standard InChI is InChI=1S/C18H17F3O/c1-22-16-10-6-14(7-11-16)17(12-2-3-12)13-4-8-15(9-5-13)18(19,20)21/h4-12,17H,2-3H2,1H3. The van der Waals surface area contributed by atoms with E-state index in [2.05, 4.69) is 0 Å². The van der Waals surface area contributed by atoms with Crippen molar-refractivity contribution < 1.29 is 17.9 Å². The summed E-state index contributed by atoms with van der Waals surface area (Å²) in [7, 11) is 1.61. The SMILES string of the molecule is COc1ccc(C(c2ccc(C(F)(F)F)cc2)C2CC2)cc1. The molecule has 0 N–H and O–H groups in total. The summed E-state index contributed by atoms with van der Waals surface area (Å²) in [6.45, 7) is 0. The molecule has 1 atom stereocenters. The van der Waals surface area contributed by atoms with E-state index in [1.54, 1.807) is 19.2 Å². The smallest absolute Gasteiger partial charge is 0.416 e. The Labute approximate surface area is 127 Å². The third-order valence-electron chi connectivity index (χ3n) is 4.17. The number of halogens is 3. The first-order valence-corrected chi connectivity index (χ1v) is 7.30. The van der Waals surface area contributed by atoms with Crippen molar-refractivity contribution in [3.8, 4) is 5.75 Å². The molecule has 1 fully saturated rings. The van der Waals surface area contributed by atoms with Crippen LogP contribution in [-0.2, 0) is 6.18 Å². The molecule has 2 aromatic carbocycles. The molecule has 3 rings (SSSR count). The van der Waals surface area contributed by atoms with Crippen LogP contribution in [0, 0.1) is 5.92 Å². The summed E-state index contributed by atoms with van der Waals surface area (Å²) in [4.78, 5) is 0. The lowest BCUT2D eigenvalue weighted by Crippen LogP contribution is -2.07. The highest BCUT2D eigenvalue weighted by Crippen LogP contribution is 2.46. The molecule has 1 aliphatic carbocycles. The van der Waals surface area contributed by atoms with E-state index in [0.29, 0.717) is 5.92 Å². The van der Waals surface area contributed by atoms with Crippen molar-refractivity contribution in [3.05, 3.63) is 65.2 Å². The van der Waals surface area contributed by atoms with E-state index in [-0.39, 0.29) is 5.92 Å². The minimum Gasteiger partial charge on any atom is -0.497 e. The second kappa shape index (κ2) is 5.67. The maximum absolute atomic E-state index is 12.7. The van der Waals surface area contributed by atoms with Crippen LogP contribution < -0.4 is 4.74 Å². The summed E-state index contributed by atoms with van der Waals surface area (Å²) in [5.41, 5.74) is 1.48. The van der Waals surface area contributed by atoms with Crippen molar-refractivity contribution in [1.82, 2.24) is 0 Å². The summed E-state index contributed by atoms with van der Waals surface area (Å²) in [5.74, 6) is 1.46. The number of ether oxygens (including phenoxy) is 1. The third kappa shape index (κ3) is 3.11. The van der Waals surface area contributed by atoms with Crippen LogP contribution in [0.25, 0.3) is 0 Å². The lowest BCUT2D eigenvalue weighted by atomic mass is 9.87. The Morgan fingerprint density at radius 3 is 1.82 bits per heavy atom. The van der Waals surface area contributed by atoms with E-state index in [9.17, 15) is 13.2 Å². The van der Waals surface area contributed by atoms with Gasteiger partial charge in [0.2, 0.25) is 0 Å². The van der Waals surface area contributed by atoms with Crippen molar-refractivity contribution in [3.63, 3.8) is 0 Å². The monoisotopic (exact) mass is 306 g/mol. The van der Waals surface area contributed by atoms with Crippen LogP contribution in [0.15, 0.2) is 48.5 Å². The summed E-state index contributed by atoms with van der Waals surface area (Å²) >= 11 is 0. The molecule has 116 valence electrons. The van der Waals surface area contributed by atoms with E-state index in [4.69, 9.17) is 4.74 Å². The maximum Gasteiger partial charge on any atom is 0.416 e. The molecular weight excluding hydrogens is 289 g/mol. The molecular formula is C18H17F3O. The van der Waals surface area contributed by atoms with Gasteiger partial charge in [-0.2, -0.15) is 13.2 Å². The average molecular weight is 306 g/mol. The maximum atomic E-state index is 12.7. The topological polar surface area (TPSA) is 9.23 Å². The summed E-state index contributed by atoms with van der Waals surface area (Å²) in [5, 5.41) is 0. The predicted molar refractivity (Wildman–Crippen MR) is 79.0 cm³/mol. The minimum absolute atomic E-state index is 0.160. The highest BCUT2D eigenvalue weighted by molar-refractivity contribution is 5.39. The van der Waals surface area contributed by atoms with Gasteiger partial charge in [-0.1, -0.05) is 24.3 Å². The average Bonchev–Trinajstić information content (AvgIpc) is 3.33. The molecule has 1 aliphatic rings. The lowest BCUT2D eigenvalue weighted by molar-refractivity contribution is -0.137. The van der Waals surface area contributed by atoms with Crippen LogP contribution >= 0.6 is 0 Å². The van der Waals surface area contributed by atoms with Gasteiger partial charge in [-0.15, -0.1) is 0 Å². The van der Waals surface area contributed by atoms with Crippen molar-refractivity contribution in [2.45, 2.75) is 24.9 Å². The molecule has 0 aliphatic heterocycles. The van der Waals surface area contributed by atoms with E-state index < -0.39 is 11.7 Å². The van der Waals surface area contributed by atoms with Crippen molar-refractivity contribution in [2.75, 3.05) is 7.11 Å². The lowest BCUT2D eigenvalue weighted by Gasteiger charge is -2.18. The molecule has 0 saturated heterocycles. The highest BCUT2D eigenvalue weighted by Gasteiger charge is 2.34. The van der Waals surface area contributed by atoms with Gasteiger partial charge in [0, 0.05) is 5.92 Å². The Morgan fingerprint density at radius 2 is 1.41 bits per heavy atom. The normalized spacial score (nSPS) is 16.4. The van der Waals surface area contributed by atoms with Gasteiger partial charge in [0.25, 0.3) is 0 Å². The van der Waals surface area contributed by atoms with E-state index >= 15 is 0 Å². The molecule has 0 spiro atoms. The molecule has 2 aromatic rings. The number of rotatable bonds is 4. The Kier molecular flexibility index (Phi) is 3.85. The van der Waals surface area contributed by atoms with E-state index in [1.165, 1.54) is 12.1 Å². The highest BCUT2D eigenvalue weighted by atomic mass is 19.4. The quantitative estimate of drug-likeness (QED) is 0.749. The second-order valence-corrected chi connectivity index (χ2v) is 5.71. The molecule has 1 unspecified atom stereocenters. The fourth-order valence-corrected chi connectivity index (χ4v) is 2.86. The number of hydrogen-bond donors (Lipinski definition) is 0. The number of benzene rings is 2. The van der Waals surface area contributed by atoms with Crippen LogP contribution in [0.1, 0.15) is 35.4 Å². The second-order valence-electron chi connectivity index (χ2n) is 5.71. The first kappa shape index (κ1) is 14.9. The first-order valence-electron chi connectivity index (χ1n) is 7.30. The molecule has 1 nitrogen and oxygen atoms in total. The van der Waals surface area contributed by atoms with Crippen LogP contribution in [0.2, 0.25) is 0 Å². The van der Waals surface area contributed by atoms with Crippen LogP contribution in [-0.4, -0.2) is 7.11 Å². The van der Waals surface area contributed by atoms with Gasteiger partial charge in [-0.3, -0.25) is 0 Å². The molecule has 0 aromatic heterocycles. The van der Waals surface area contributed by atoms with E-state index in [0.717, 1.165) is 29.7 Å². The summed E-state index contributed by atoms with van der Waals surface area (Å²) in [6.07, 6.45) is -2.04. The fourth-order valence-electron chi connectivity index (χ4n) is 2.86.